The molecule has 1 aliphatic carbocycles. The highest BCUT2D eigenvalue weighted by atomic mass is 79.9. The standard InChI is InChI=1S/C11H14BrNO/c12-9-5-4-8(6-10(9)14)11(13)7-2-1-3-7/h4-7,11,14H,1-3,13H2/t11-/m1/s1. The van der Waals surface area contributed by atoms with Crippen LogP contribution in [0.4, 0.5) is 0 Å². The van der Waals surface area contributed by atoms with Crippen molar-refractivity contribution < 1.29 is 5.11 Å². The summed E-state index contributed by atoms with van der Waals surface area (Å²) in [5.41, 5.74) is 7.13. The molecular formula is C11H14BrNO. The lowest BCUT2D eigenvalue weighted by Crippen LogP contribution is -2.26. The zero-order chi connectivity index (χ0) is 10.1. The summed E-state index contributed by atoms with van der Waals surface area (Å²) >= 11 is 3.26. The topological polar surface area (TPSA) is 46.2 Å². The van der Waals surface area contributed by atoms with Crippen LogP contribution in [0, 0.1) is 5.92 Å². The fourth-order valence-corrected chi connectivity index (χ4v) is 2.05. The van der Waals surface area contributed by atoms with Gasteiger partial charge in [-0.05, 0) is 52.4 Å². The Hall–Kier alpha value is -0.540. The molecule has 0 aromatic heterocycles. The maximum atomic E-state index is 9.52. The predicted octanol–water partition coefficient (Wildman–Crippen LogP) is 2.95. The van der Waals surface area contributed by atoms with Gasteiger partial charge >= 0.3 is 0 Å². The van der Waals surface area contributed by atoms with E-state index >= 15 is 0 Å². The van der Waals surface area contributed by atoms with E-state index in [1.165, 1.54) is 19.3 Å². The van der Waals surface area contributed by atoms with Crippen LogP contribution in [0.15, 0.2) is 22.7 Å². The largest absolute Gasteiger partial charge is 0.507 e. The molecule has 1 fully saturated rings. The predicted molar refractivity (Wildman–Crippen MR) is 60.1 cm³/mol. The van der Waals surface area contributed by atoms with Crippen LogP contribution in [-0.4, -0.2) is 5.11 Å². The highest BCUT2D eigenvalue weighted by Crippen LogP contribution is 2.37. The normalized spacial score (nSPS) is 19.0. The average molecular weight is 256 g/mol. The van der Waals surface area contributed by atoms with Crippen LogP contribution in [0.1, 0.15) is 30.9 Å². The second-order valence-electron chi connectivity index (χ2n) is 3.93. The van der Waals surface area contributed by atoms with E-state index in [-0.39, 0.29) is 11.8 Å². The lowest BCUT2D eigenvalue weighted by atomic mass is 9.77. The SMILES string of the molecule is N[C@@H](c1ccc(Br)c(O)c1)C1CCC1. The molecule has 0 bridgehead atoms. The van der Waals surface area contributed by atoms with Gasteiger partial charge in [-0.3, -0.25) is 0 Å². The molecule has 1 aromatic rings. The Bertz CT molecular complexity index is 336. The van der Waals surface area contributed by atoms with Crippen molar-refractivity contribution in [2.24, 2.45) is 11.7 Å². The lowest BCUT2D eigenvalue weighted by molar-refractivity contribution is 0.264. The quantitative estimate of drug-likeness (QED) is 0.854. The fourth-order valence-electron chi connectivity index (χ4n) is 1.81. The summed E-state index contributed by atoms with van der Waals surface area (Å²) in [5, 5.41) is 9.52. The van der Waals surface area contributed by atoms with Gasteiger partial charge in [0.15, 0.2) is 0 Å². The highest BCUT2D eigenvalue weighted by molar-refractivity contribution is 9.10. The van der Waals surface area contributed by atoms with Crippen LogP contribution in [0.5, 0.6) is 5.75 Å². The minimum absolute atomic E-state index is 0.0859. The summed E-state index contributed by atoms with van der Waals surface area (Å²) in [6.45, 7) is 0. The van der Waals surface area contributed by atoms with Crippen molar-refractivity contribution in [3.63, 3.8) is 0 Å². The van der Waals surface area contributed by atoms with Gasteiger partial charge in [-0.1, -0.05) is 12.5 Å². The van der Waals surface area contributed by atoms with Crippen molar-refractivity contribution in [1.29, 1.82) is 0 Å². The zero-order valence-corrected chi connectivity index (χ0v) is 9.50. The summed E-state index contributed by atoms with van der Waals surface area (Å²) in [4.78, 5) is 0. The van der Waals surface area contributed by atoms with Crippen LogP contribution >= 0.6 is 15.9 Å². The van der Waals surface area contributed by atoms with Crippen LogP contribution < -0.4 is 5.73 Å². The van der Waals surface area contributed by atoms with E-state index in [4.69, 9.17) is 5.73 Å². The number of benzene rings is 1. The number of phenols is 1. The number of rotatable bonds is 2. The van der Waals surface area contributed by atoms with Gasteiger partial charge < -0.3 is 10.8 Å². The first kappa shape index (κ1) is 9.99. The van der Waals surface area contributed by atoms with Crippen molar-refractivity contribution in [3.8, 4) is 5.75 Å². The van der Waals surface area contributed by atoms with E-state index in [0.717, 1.165) is 10.0 Å². The second-order valence-corrected chi connectivity index (χ2v) is 4.78. The Labute approximate surface area is 92.3 Å². The van der Waals surface area contributed by atoms with E-state index in [1.54, 1.807) is 6.07 Å². The maximum Gasteiger partial charge on any atom is 0.130 e. The lowest BCUT2D eigenvalue weighted by Gasteiger charge is -2.31. The third kappa shape index (κ3) is 1.79. The molecule has 0 amide bonds. The maximum absolute atomic E-state index is 9.52. The Morgan fingerprint density at radius 1 is 1.43 bits per heavy atom. The number of halogens is 1. The molecule has 1 aliphatic rings. The molecule has 14 heavy (non-hydrogen) atoms. The van der Waals surface area contributed by atoms with Crippen molar-refractivity contribution in [3.05, 3.63) is 28.2 Å². The Balaban J connectivity index is 2.18. The minimum Gasteiger partial charge on any atom is -0.507 e. The zero-order valence-electron chi connectivity index (χ0n) is 7.91. The molecule has 1 saturated carbocycles. The summed E-state index contributed by atoms with van der Waals surface area (Å²) in [5.74, 6) is 0.882. The van der Waals surface area contributed by atoms with Crippen LogP contribution in [-0.2, 0) is 0 Å². The van der Waals surface area contributed by atoms with E-state index in [9.17, 15) is 5.11 Å². The summed E-state index contributed by atoms with van der Waals surface area (Å²) in [6, 6.07) is 5.67. The summed E-state index contributed by atoms with van der Waals surface area (Å²) in [6.07, 6.45) is 3.73. The third-order valence-corrected chi connectivity index (χ3v) is 3.68. The molecule has 2 rings (SSSR count). The Kier molecular flexibility index (Phi) is 2.79. The van der Waals surface area contributed by atoms with Gasteiger partial charge in [0.2, 0.25) is 0 Å². The minimum atomic E-state index is 0.0859. The molecule has 3 heteroatoms. The number of aromatic hydroxyl groups is 1. The van der Waals surface area contributed by atoms with Gasteiger partial charge in [0.25, 0.3) is 0 Å². The Morgan fingerprint density at radius 3 is 2.64 bits per heavy atom. The Morgan fingerprint density at radius 2 is 2.14 bits per heavy atom. The summed E-state index contributed by atoms with van der Waals surface area (Å²) < 4.78 is 0.724. The van der Waals surface area contributed by atoms with Crippen molar-refractivity contribution >= 4 is 15.9 Å². The van der Waals surface area contributed by atoms with Gasteiger partial charge in [-0.2, -0.15) is 0 Å². The molecular weight excluding hydrogens is 242 g/mol. The first-order chi connectivity index (χ1) is 6.68. The second kappa shape index (κ2) is 3.91. The van der Waals surface area contributed by atoms with Gasteiger partial charge in [-0.25, -0.2) is 0 Å². The van der Waals surface area contributed by atoms with Crippen molar-refractivity contribution in [1.82, 2.24) is 0 Å². The van der Waals surface area contributed by atoms with Crippen molar-refractivity contribution in [2.75, 3.05) is 0 Å². The number of phenolic OH excluding ortho intramolecular Hbond substituents is 1. The smallest absolute Gasteiger partial charge is 0.130 e. The van der Waals surface area contributed by atoms with E-state index in [1.807, 2.05) is 12.1 Å². The van der Waals surface area contributed by atoms with Gasteiger partial charge in [0.05, 0.1) is 4.47 Å². The molecule has 1 aromatic carbocycles. The monoisotopic (exact) mass is 255 g/mol. The number of hydrogen-bond donors (Lipinski definition) is 2. The van der Waals surface area contributed by atoms with Gasteiger partial charge in [0, 0.05) is 6.04 Å². The van der Waals surface area contributed by atoms with E-state index in [2.05, 4.69) is 15.9 Å². The number of hydrogen-bond acceptors (Lipinski definition) is 2. The van der Waals surface area contributed by atoms with Crippen molar-refractivity contribution in [2.45, 2.75) is 25.3 Å². The molecule has 0 aliphatic heterocycles. The first-order valence-corrected chi connectivity index (χ1v) is 5.72. The average Bonchev–Trinajstić information content (AvgIpc) is 2.06. The highest BCUT2D eigenvalue weighted by Gasteiger charge is 2.25. The van der Waals surface area contributed by atoms with Crippen LogP contribution in [0.3, 0.4) is 0 Å². The summed E-state index contributed by atoms with van der Waals surface area (Å²) in [7, 11) is 0. The molecule has 76 valence electrons. The van der Waals surface area contributed by atoms with E-state index < -0.39 is 0 Å². The molecule has 0 radical (unpaired) electrons. The molecule has 2 nitrogen and oxygen atoms in total. The van der Waals surface area contributed by atoms with Crippen LogP contribution in [0.25, 0.3) is 0 Å². The van der Waals surface area contributed by atoms with Gasteiger partial charge in [0.1, 0.15) is 5.75 Å². The molecule has 0 heterocycles. The van der Waals surface area contributed by atoms with Gasteiger partial charge in [-0.15, -0.1) is 0 Å². The fraction of sp³-hybridized carbons (Fsp3) is 0.455. The first-order valence-electron chi connectivity index (χ1n) is 4.92. The number of nitrogens with two attached hydrogens (primary N) is 1. The molecule has 0 unspecified atom stereocenters. The van der Waals surface area contributed by atoms with Crippen LogP contribution in [0.2, 0.25) is 0 Å². The molecule has 1 atom stereocenters. The van der Waals surface area contributed by atoms with E-state index in [0.29, 0.717) is 5.92 Å². The molecule has 3 N–H and O–H groups in total. The molecule has 0 saturated heterocycles. The molecule has 0 spiro atoms. The third-order valence-electron chi connectivity index (χ3n) is 3.01.